The van der Waals surface area contributed by atoms with Crippen LogP contribution in [0.25, 0.3) is 11.8 Å². The van der Waals surface area contributed by atoms with Gasteiger partial charge < -0.3 is 15.2 Å². The monoisotopic (exact) mass is 395 g/mol. The van der Waals surface area contributed by atoms with E-state index < -0.39 is 0 Å². The molecule has 3 aromatic rings. The van der Waals surface area contributed by atoms with E-state index in [2.05, 4.69) is 25.9 Å². The summed E-state index contributed by atoms with van der Waals surface area (Å²) in [4.78, 5) is 12.3. The zero-order valence-corrected chi connectivity index (χ0v) is 16.3. The quantitative estimate of drug-likeness (QED) is 0.642. The molecule has 29 heavy (non-hydrogen) atoms. The first kappa shape index (κ1) is 19.0. The number of aryl methyl sites for hydroxylation is 1. The molecule has 3 heterocycles. The van der Waals surface area contributed by atoms with Crippen LogP contribution in [0, 0.1) is 19.7 Å². The van der Waals surface area contributed by atoms with Crippen LogP contribution < -0.4 is 10.6 Å². The number of carbonyl (C=O) groups is 1. The third kappa shape index (κ3) is 3.95. The molecule has 2 N–H and O–H groups in total. The second-order valence-electron chi connectivity index (χ2n) is 6.88. The van der Waals surface area contributed by atoms with Gasteiger partial charge in [0.2, 0.25) is 5.91 Å². The van der Waals surface area contributed by atoms with Gasteiger partial charge in [-0.1, -0.05) is 0 Å². The molecule has 0 aliphatic carbocycles. The van der Waals surface area contributed by atoms with Crippen molar-refractivity contribution in [2.45, 2.75) is 33.5 Å². The first-order chi connectivity index (χ1) is 14.0. The molecule has 0 spiro atoms. The van der Waals surface area contributed by atoms with Gasteiger partial charge >= 0.3 is 0 Å². The summed E-state index contributed by atoms with van der Waals surface area (Å²) < 4.78 is 16.9. The Bertz CT molecular complexity index is 1070. The maximum Gasteiger partial charge on any atom is 0.244 e. The zero-order chi connectivity index (χ0) is 20.4. The summed E-state index contributed by atoms with van der Waals surface area (Å²) in [6.07, 6.45) is 3.23. The van der Waals surface area contributed by atoms with Crippen LogP contribution in [0.1, 0.15) is 28.6 Å². The van der Waals surface area contributed by atoms with Gasteiger partial charge in [0, 0.05) is 30.4 Å². The minimum atomic E-state index is -0.294. The molecule has 0 saturated heterocycles. The summed E-state index contributed by atoms with van der Waals surface area (Å²) in [5.74, 6) is 1.12. The number of nitrogens with one attached hydrogen (secondary N) is 2. The summed E-state index contributed by atoms with van der Waals surface area (Å²) in [5.41, 5.74) is 3.28. The highest BCUT2D eigenvalue weighted by Crippen LogP contribution is 2.19. The molecule has 0 unspecified atom stereocenters. The van der Waals surface area contributed by atoms with Crippen LogP contribution in [-0.2, 0) is 24.4 Å². The molecular weight excluding hydrogens is 373 g/mol. The van der Waals surface area contributed by atoms with Crippen molar-refractivity contribution < 1.29 is 9.18 Å². The fraction of sp³-hybridized carbons (Fsp3) is 0.300. The minimum Gasteiger partial charge on any atom is -0.345 e. The minimum absolute atomic E-state index is 0.218. The standard InChI is InChI=1S/C20H22FN7O/c1-13-17(14(2)28(26-13)16-5-3-15(21)4-6-16)7-8-20(29)23-12-19-25-24-18-11-22-9-10-27(18)19/h3-8,22H,9-12H2,1-2H3,(H,23,29)/b8-7+. The molecule has 0 atom stereocenters. The van der Waals surface area contributed by atoms with Crippen LogP contribution in [0.5, 0.6) is 0 Å². The van der Waals surface area contributed by atoms with Crippen molar-refractivity contribution in [2.75, 3.05) is 6.54 Å². The molecule has 1 aliphatic rings. The first-order valence-electron chi connectivity index (χ1n) is 9.42. The van der Waals surface area contributed by atoms with Crippen molar-refractivity contribution in [1.82, 2.24) is 35.2 Å². The van der Waals surface area contributed by atoms with Crippen LogP contribution in [0.4, 0.5) is 4.39 Å². The van der Waals surface area contributed by atoms with Crippen LogP contribution in [0.3, 0.4) is 0 Å². The average molecular weight is 395 g/mol. The van der Waals surface area contributed by atoms with Gasteiger partial charge in [-0.2, -0.15) is 5.10 Å². The smallest absolute Gasteiger partial charge is 0.244 e. The summed E-state index contributed by atoms with van der Waals surface area (Å²) in [5, 5.41) is 18.9. The van der Waals surface area contributed by atoms with Crippen molar-refractivity contribution in [1.29, 1.82) is 0 Å². The SMILES string of the molecule is Cc1nn(-c2ccc(F)cc2)c(C)c1/C=C/C(=O)NCc1nnc2n1CCNC2. The number of rotatable bonds is 5. The number of amides is 1. The zero-order valence-electron chi connectivity index (χ0n) is 16.3. The second kappa shape index (κ2) is 7.96. The molecule has 0 fully saturated rings. The van der Waals surface area contributed by atoms with E-state index in [0.717, 1.165) is 47.4 Å². The average Bonchev–Trinajstić information content (AvgIpc) is 3.26. The Kier molecular flexibility index (Phi) is 5.22. The van der Waals surface area contributed by atoms with Gasteiger partial charge in [0.1, 0.15) is 11.6 Å². The van der Waals surface area contributed by atoms with Crippen LogP contribution in [0.2, 0.25) is 0 Å². The van der Waals surface area contributed by atoms with Crippen molar-refractivity contribution in [3.63, 3.8) is 0 Å². The molecule has 1 aromatic carbocycles. The highest BCUT2D eigenvalue weighted by molar-refractivity contribution is 5.91. The van der Waals surface area contributed by atoms with Gasteiger partial charge in [0.05, 0.1) is 24.5 Å². The summed E-state index contributed by atoms with van der Waals surface area (Å²) >= 11 is 0. The number of hydrogen-bond acceptors (Lipinski definition) is 5. The highest BCUT2D eigenvalue weighted by Gasteiger charge is 2.15. The molecule has 0 radical (unpaired) electrons. The normalized spacial score (nSPS) is 13.6. The van der Waals surface area contributed by atoms with Gasteiger partial charge in [-0.05, 0) is 44.2 Å². The van der Waals surface area contributed by atoms with Crippen molar-refractivity contribution in [3.05, 3.63) is 64.8 Å². The Morgan fingerprint density at radius 1 is 1.28 bits per heavy atom. The highest BCUT2D eigenvalue weighted by atomic mass is 19.1. The van der Waals surface area contributed by atoms with Gasteiger partial charge in [0.15, 0.2) is 5.82 Å². The van der Waals surface area contributed by atoms with Crippen LogP contribution >= 0.6 is 0 Å². The third-order valence-electron chi connectivity index (χ3n) is 4.94. The van der Waals surface area contributed by atoms with E-state index in [1.807, 2.05) is 18.4 Å². The lowest BCUT2D eigenvalue weighted by Crippen LogP contribution is -2.30. The van der Waals surface area contributed by atoms with Crippen molar-refractivity contribution in [2.24, 2.45) is 0 Å². The fourth-order valence-electron chi connectivity index (χ4n) is 3.40. The molecule has 4 rings (SSSR count). The molecule has 2 aromatic heterocycles. The van der Waals surface area contributed by atoms with Gasteiger partial charge in [-0.25, -0.2) is 9.07 Å². The number of carbonyl (C=O) groups excluding carboxylic acids is 1. The molecule has 0 saturated carbocycles. The molecule has 9 heteroatoms. The Labute approximate surface area is 167 Å². The van der Waals surface area contributed by atoms with Crippen LogP contribution in [-0.4, -0.2) is 37.0 Å². The number of benzene rings is 1. The van der Waals surface area contributed by atoms with Gasteiger partial charge in [-0.3, -0.25) is 4.79 Å². The van der Waals surface area contributed by atoms with Crippen molar-refractivity contribution in [3.8, 4) is 5.69 Å². The van der Waals surface area contributed by atoms with E-state index in [9.17, 15) is 9.18 Å². The number of fused-ring (bicyclic) bond motifs is 1. The predicted molar refractivity (Wildman–Crippen MR) is 106 cm³/mol. The lowest BCUT2D eigenvalue weighted by atomic mass is 10.2. The summed E-state index contributed by atoms with van der Waals surface area (Å²) in [6, 6.07) is 6.13. The van der Waals surface area contributed by atoms with E-state index in [4.69, 9.17) is 0 Å². The number of nitrogens with zero attached hydrogens (tertiary/aromatic N) is 5. The van der Waals surface area contributed by atoms with E-state index in [1.165, 1.54) is 18.2 Å². The fourth-order valence-corrected chi connectivity index (χ4v) is 3.40. The Morgan fingerprint density at radius 2 is 2.07 bits per heavy atom. The lowest BCUT2D eigenvalue weighted by Gasteiger charge is -2.15. The van der Waals surface area contributed by atoms with E-state index >= 15 is 0 Å². The third-order valence-corrected chi connectivity index (χ3v) is 4.94. The topological polar surface area (TPSA) is 89.7 Å². The number of aromatic nitrogens is 5. The van der Waals surface area contributed by atoms with Gasteiger partial charge in [0.25, 0.3) is 0 Å². The van der Waals surface area contributed by atoms with E-state index in [1.54, 1.807) is 22.9 Å². The predicted octanol–water partition coefficient (Wildman–Crippen LogP) is 1.65. The molecule has 0 bridgehead atoms. The van der Waals surface area contributed by atoms with Gasteiger partial charge in [-0.15, -0.1) is 10.2 Å². The Hall–Kier alpha value is -3.33. The number of hydrogen-bond donors (Lipinski definition) is 2. The molecular formula is C20H22FN7O. The van der Waals surface area contributed by atoms with E-state index in [0.29, 0.717) is 13.1 Å². The van der Waals surface area contributed by atoms with Crippen molar-refractivity contribution >= 4 is 12.0 Å². The lowest BCUT2D eigenvalue weighted by molar-refractivity contribution is -0.116. The van der Waals surface area contributed by atoms with Crippen LogP contribution in [0.15, 0.2) is 30.3 Å². The molecule has 8 nitrogen and oxygen atoms in total. The van der Waals surface area contributed by atoms with E-state index in [-0.39, 0.29) is 11.7 Å². The molecule has 1 aliphatic heterocycles. The second-order valence-corrected chi connectivity index (χ2v) is 6.88. The largest absolute Gasteiger partial charge is 0.345 e. The number of halogens is 1. The summed E-state index contributed by atoms with van der Waals surface area (Å²) in [7, 11) is 0. The Balaban J connectivity index is 1.44. The molecule has 1 amide bonds. The maximum atomic E-state index is 13.2. The Morgan fingerprint density at radius 3 is 2.86 bits per heavy atom. The summed E-state index contributed by atoms with van der Waals surface area (Å²) in [6.45, 7) is 6.46. The first-order valence-corrected chi connectivity index (χ1v) is 9.42. The maximum absolute atomic E-state index is 13.2. The molecule has 150 valence electrons.